The predicted octanol–water partition coefficient (Wildman–Crippen LogP) is 1.54. The minimum absolute atomic E-state index is 0.180. The van der Waals surface area contributed by atoms with Crippen molar-refractivity contribution in [2.75, 3.05) is 6.61 Å². The van der Waals surface area contributed by atoms with Crippen LogP contribution >= 0.6 is 0 Å². The van der Waals surface area contributed by atoms with Gasteiger partial charge in [0.2, 0.25) is 0 Å². The Kier molecular flexibility index (Phi) is 3.78. The molecule has 0 spiro atoms. The van der Waals surface area contributed by atoms with E-state index in [0.29, 0.717) is 5.82 Å². The van der Waals surface area contributed by atoms with Gasteiger partial charge >= 0.3 is 5.97 Å². The summed E-state index contributed by atoms with van der Waals surface area (Å²) in [6.45, 7) is 1.97. The number of imidazole rings is 1. The number of rotatable bonds is 4. The first-order valence-electron chi connectivity index (χ1n) is 5.73. The number of nitriles is 1. The average molecular weight is 256 g/mol. The number of benzene rings is 1. The van der Waals surface area contributed by atoms with E-state index in [2.05, 4.69) is 15.3 Å². The second-order valence-corrected chi connectivity index (χ2v) is 3.64. The Labute approximate surface area is 109 Å². The van der Waals surface area contributed by atoms with Crippen LogP contribution in [0.1, 0.15) is 12.7 Å². The first kappa shape index (κ1) is 12.6. The zero-order chi connectivity index (χ0) is 13.7. The summed E-state index contributed by atoms with van der Waals surface area (Å²) in [5.74, 6) is -0.174. The fourth-order valence-electron chi connectivity index (χ4n) is 1.62. The van der Waals surface area contributed by atoms with Crippen molar-refractivity contribution in [2.24, 2.45) is 0 Å². The van der Waals surface area contributed by atoms with Crippen LogP contribution in [-0.4, -0.2) is 22.5 Å². The van der Waals surface area contributed by atoms with Crippen LogP contribution in [0.25, 0.3) is 16.6 Å². The number of esters is 1. The Morgan fingerprint density at radius 3 is 3.05 bits per heavy atom. The summed E-state index contributed by atoms with van der Waals surface area (Å²) in [5, 5.41) is 10.8. The molecule has 0 bridgehead atoms. The molecule has 2 aromatic rings. The number of para-hydroxylation sites is 2. The van der Waals surface area contributed by atoms with Crippen molar-refractivity contribution in [1.82, 2.24) is 15.3 Å². The van der Waals surface area contributed by atoms with Crippen LogP contribution in [0.3, 0.4) is 0 Å². The molecule has 0 amide bonds. The van der Waals surface area contributed by atoms with Crippen molar-refractivity contribution in [3.05, 3.63) is 36.3 Å². The number of hydrogen-bond acceptors (Lipinski definition) is 5. The van der Waals surface area contributed by atoms with Crippen LogP contribution in [0.5, 0.6) is 0 Å². The lowest BCUT2D eigenvalue weighted by atomic mass is 10.3. The van der Waals surface area contributed by atoms with Crippen LogP contribution in [-0.2, 0) is 9.53 Å². The smallest absolute Gasteiger partial charge is 0.343 e. The van der Waals surface area contributed by atoms with Gasteiger partial charge in [0.15, 0.2) is 6.19 Å². The van der Waals surface area contributed by atoms with Crippen molar-refractivity contribution in [3.8, 4) is 6.19 Å². The molecule has 2 N–H and O–H groups in total. The number of carbonyl (C=O) groups excluding carboxylic acids is 1. The topological polar surface area (TPSA) is 90.8 Å². The summed E-state index contributed by atoms with van der Waals surface area (Å²) in [6, 6.07) is 7.40. The van der Waals surface area contributed by atoms with Gasteiger partial charge in [0.25, 0.3) is 0 Å². The number of hydrogen-bond donors (Lipinski definition) is 2. The number of nitrogens with one attached hydrogen (secondary N) is 2. The standard InChI is InChI=1S/C13H12N4O2/c1-2-19-13(18)9(7-15-8-14)12-16-10-5-3-4-6-11(10)17-12/h3-7,15H,2H2,1H3,(H,16,17)/b9-7-. The van der Waals surface area contributed by atoms with Crippen LogP contribution in [0.2, 0.25) is 0 Å². The molecule has 0 aliphatic rings. The second-order valence-electron chi connectivity index (χ2n) is 3.64. The summed E-state index contributed by atoms with van der Waals surface area (Å²) >= 11 is 0. The summed E-state index contributed by atoms with van der Waals surface area (Å²) < 4.78 is 4.93. The molecule has 1 aromatic heterocycles. The third-order valence-corrected chi connectivity index (χ3v) is 2.42. The number of nitrogens with zero attached hydrogens (tertiary/aromatic N) is 2. The Balaban J connectivity index is 2.43. The maximum Gasteiger partial charge on any atom is 0.343 e. The van der Waals surface area contributed by atoms with Gasteiger partial charge in [-0.05, 0) is 19.1 Å². The molecule has 0 radical (unpaired) electrons. The Morgan fingerprint density at radius 2 is 2.37 bits per heavy atom. The molecule has 2 rings (SSSR count). The lowest BCUT2D eigenvalue weighted by molar-refractivity contribution is -0.136. The van der Waals surface area contributed by atoms with Crippen molar-refractivity contribution in [2.45, 2.75) is 6.92 Å². The number of aromatic amines is 1. The van der Waals surface area contributed by atoms with Gasteiger partial charge in [-0.1, -0.05) is 12.1 Å². The summed E-state index contributed by atoms with van der Waals surface area (Å²) in [7, 11) is 0. The Hall–Kier alpha value is -2.81. The third kappa shape index (κ3) is 2.72. The van der Waals surface area contributed by atoms with E-state index in [9.17, 15) is 4.79 Å². The number of ether oxygens (including phenoxy) is 1. The summed E-state index contributed by atoms with van der Waals surface area (Å²) in [5.41, 5.74) is 1.73. The van der Waals surface area contributed by atoms with E-state index in [4.69, 9.17) is 10.00 Å². The maximum atomic E-state index is 11.8. The van der Waals surface area contributed by atoms with E-state index in [-0.39, 0.29) is 12.2 Å². The first-order chi connectivity index (χ1) is 9.26. The molecule has 1 heterocycles. The Morgan fingerprint density at radius 1 is 1.58 bits per heavy atom. The molecule has 96 valence electrons. The van der Waals surface area contributed by atoms with Gasteiger partial charge in [-0.25, -0.2) is 9.78 Å². The van der Waals surface area contributed by atoms with E-state index >= 15 is 0 Å². The molecule has 0 aliphatic heterocycles. The maximum absolute atomic E-state index is 11.8. The summed E-state index contributed by atoms with van der Waals surface area (Å²) in [6.07, 6.45) is 3.00. The number of fused-ring (bicyclic) bond motifs is 1. The molecule has 19 heavy (non-hydrogen) atoms. The lowest BCUT2D eigenvalue weighted by Crippen LogP contribution is -2.10. The molecule has 6 heteroatoms. The van der Waals surface area contributed by atoms with Gasteiger partial charge in [0.05, 0.1) is 17.6 Å². The van der Waals surface area contributed by atoms with Crippen molar-refractivity contribution in [1.29, 1.82) is 5.26 Å². The van der Waals surface area contributed by atoms with Crippen LogP contribution in [0.15, 0.2) is 30.5 Å². The van der Waals surface area contributed by atoms with Gasteiger partial charge in [0.1, 0.15) is 11.4 Å². The highest BCUT2D eigenvalue weighted by atomic mass is 16.5. The first-order valence-corrected chi connectivity index (χ1v) is 5.73. The van der Waals surface area contributed by atoms with Crippen molar-refractivity contribution in [3.63, 3.8) is 0 Å². The second kappa shape index (κ2) is 5.69. The fourth-order valence-corrected chi connectivity index (χ4v) is 1.62. The van der Waals surface area contributed by atoms with E-state index in [1.54, 1.807) is 13.1 Å². The molecule has 0 saturated carbocycles. The fraction of sp³-hybridized carbons (Fsp3) is 0.154. The monoisotopic (exact) mass is 256 g/mol. The van der Waals surface area contributed by atoms with E-state index in [0.717, 1.165) is 11.0 Å². The normalized spacial score (nSPS) is 11.1. The van der Waals surface area contributed by atoms with Crippen LogP contribution < -0.4 is 5.32 Å². The highest BCUT2D eigenvalue weighted by Gasteiger charge is 2.17. The predicted molar refractivity (Wildman–Crippen MR) is 69.5 cm³/mol. The minimum Gasteiger partial charge on any atom is -0.462 e. The van der Waals surface area contributed by atoms with Gasteiger partial charge in [0, 0.05) is 6.20 Å². The van der Waals surface area contributed by atoms with Crippen molar-refractivity contribution >= 4 is 22.6 Å². The zero-order valence-electron chi connectivity index (χ0n) is 10.3. The SMILES string of the molecule is CCOC(=O)/C(=C\NC#N)c1nc2ccccc2[nH]1. The van der Waals surface area contributed by atoms with E-state index < -0.39 is 5.97 Å². The number of H-pyrrole nitrogens is 1. The average Bonchev–Trinajstić information content (AvgIpc) is 2.83. The molecular weight excluding hydrogens is 244 g/mol. The molecule has 0 saturated heterocycles. The van der Waals surface area contributed by atoms with Gasteiger partial charge < -0.3 is 9.72 Å². The van der Waals surface area contributed by atoms with Gasteiger partial charge in [-0.3, -0.25) is 5.32 Å². The lowest BCUT2D eigenvalue weighted by Gasteiger charge is -2.03. The summed E-state index contributed by atoms with van der Waals surface area (Å²) in [4.78, 5) is 19.1. The Bertz CT molecular complexity index is 634. The number of carbonyl (C=O) groups is 1. The molecule has 1 aromatic carbocycles. The van der Waals surface area contributed by atoms with Crippen LogP contribution in [0, 0.1) is 11.5 Å². The highest BCUT2D eigenvalue weighted by molar-refractivity contribution is 6.15. The van der Waals surface area contributed by atoms with E-state index in [1.807, 2.05) is 24.3 Å². The zero-order valence-corrected chi connectivity index (χ0v) is 10.3. The van der Waals surface area contributed by atoms with Gasteiger partial charge in [-0.15, -0.1) is 0 Å². The molecule has 6 nitrogen and oxygen atoms in total. The van der Waals surface area contributed by atoms with E-state index in [1.165, 1.54) is 6.20 Å². The largest absolute Gasteiger partial charge is 0.462 e. The minimum atomic E-state index is -0.538. The molecule has 0 atom stereocenters. The third-order valence-electron chi connectivity index (χ3n) is 2.42. The van der Waals surface area contributed by atoms with Crippen molar-refractivity contribution < 1.29 is 9.53 Å². The number of aromatic nitrogens is 2. The highest BCUT2D eigenvalue weighted by Crippen LogP contribution is 2.17. The molecule has 0 aliphatic carbocycles. The quantitative estimate of drug-likeness (QED) is 0.375. The molecule has 0 unspecified atom stereocenters. The van der Waals surface area contributed by atoms with Gasteiger partial charge in [-0.2, -0.15) is 5.26 Å². The molecule has 0 fully saturated rings. The van der Waals surface area contributed by atoms with Crippen LogP contribution in [0.4, 0.5) is 0 Å². The molecular formula is C13H12N4O2.